The SMILES string of the molecule is CCCC(NC(=O)C(N)Cc1ccccc1)C(=O)Nc1ccc(CO)cc1.NC(N)=O. The lowest BCUT2D eigenvalue weighted by Gasteiger charge is -2.20. The summed E-state index contributed by atoms with van der Waals surface area (Å²) in [6.07, 6.45) is 1.68. The molecule has 0 aliphatic rings. The smallest absolute Gasteiger partial charge is 0.309 e. The van der Waals surface area contributed by atoms with E-state index in [9.17, 15) is 9.59 Å². The van der Waals surface area contributed by atoms with E-state index in [4.69, 9.17) is 15.6 Å². The largest absolute Gasteiger partial charge is 0.392 e. The van der Waals surface area contributed by atoms with Gasteiger partial charge in [-0.3, -0.25) is 9.59 Å². The summed E-state index contributed by atoms with van der Waals surface area (Å²) in [7, 11) is 0. The second kappa shape index (κ2) is 13.7. The quantitative estimate of drug-likeness (QED) is 0.348. The average Bonchev–Trinajstić information content (AvgIpc) is 2.74. The second-order valence-electron chi connectivity index (χ2n) is 6.89. The van der Waals surface area contributed by atoms with Gasteiger partial charge in [-0.05, 0) is 36.1 Å². The molecule has 0 fully saturated rings. The van der Waals surface area contributed by atoms with E-state index in [1.807, 2.05) is 37.3 Å². The van der Waals surface area contributed by atoms with Gasteiger partial charge in [-0.15, -0.1) is 0 Å². The Morgan fingerprint density at radius 1 is 0.935 bits per heavy atom. The number of primary amides is 2. The van der Waals surface area contributed by atoms with Gasteiger partial charge in [0.15, 0.2) is 0 Å². The number of hydrogen-bond donors (Lipinski definition) is 6. The van der Waals surface area contributed by atoms with Crippen molar-refractivity contribution < 1.29 is 19.5 Å². The van der Waals surface area contributed by atoms with Crippen molar-refractivity contribution in [3.63, 3.8) is 0 Å². The molecule has 0 bridgehead atoms. The summed E-state index contributed by atoms with van der Waals surface area (Å²) >= 11 is 0. The number of aliphatic hydroxyl groups is 1. The number of carbonyl (C=O) groups is 3. The summed E-state index contributed by atoms with van der Waals surface area (Å²) in [4.78, 5) is 34.0. The van der Waals surface area contributed by atoms with Crippen LogP contribution in [0.4, 0.5) is 10.5 Å². The molecule has 0 saturated carbocycles. The topological polar surface area (TPSA) is 174 Å². The third kappa shape index (κ3) is 10.2. The molecule has 0 heterocycles. The van der Waals surface area contributed by atoms with Gasteiger partial charge in [0.05, 0.1) is 12.6 Å². The van der Waals surface area contributed by atoms with Gasteiger partial charge >= 0.3 is 6.03 Å². The third-order valence-electron chi connectivity index (χ3n) is 4.25. The average molecular weight is 430 g/mol. The summed E-state index contributed by atoms with van der Waals surface area (Å²) < 4.78 is 0. The number of hydrogen-bond acceptors (Lipinski definition) is 5. The Morgan fingerprint density at radius 2 is 1.52 bits per heavy atom. The second-order valence-corrected chi connectivity index (χ2v) is 6.89. The fraction of sp³-hybridized carbons (Fsp3) is 0.318. The number of nitrogens with one attached hydrogen (secondary N) is 2. The first kappa shape index (κ1) is 25.6. The molecule has 0 spiro atoms. The summed E-state index contributed by atoms with van der Waals surface area (Å²) in [6.45, 7) is 1.90. The van der Waals surface area contributed by atoms with Crippen molar-refractivity contribution in [3.8, 4) is 0 Å². The molecule has 31 heavy (non-hydrogen) atoms. The van der Waals surface area contributed by atoms with Crippen molar-refractivity contribution in [2.45, 2.75) is 44.9 Å². The molecule has 0 aliphatic carbocycles. The lowest BCUT2D eigenvalue weighted by atomic mass is 10.0. The van der Waals surface area contributed by atoms with Crippen LogP contribution < -0.4 is 27.8 Å². The minimum absolute atomic E-state index is 0.0535. The first-order valence-electron chi connectivity index (χ1n) is 9.92. The first-order valence-corrected chi connectivity index (χ1v) is 9.92. The number of anilines is 1. The van der Waals surface area contributed by atoms with Crippen molar-refractivity contribution >= 4 is 23.5 Å². The molecule has 2 rings (SSSR count). The molecule has 0 radical (unpaired) electrons. The van der Waals surface area contributed by atoms with E-state index >= 15 is 0 Å². The van der Waals surface area contributed by atoms with Crippen LogP contribution in [-0.4, -0.2) is 35.0 Å². The number of aliphatic hydroxyl groups excluding tert-OH is 1. The Bertz CT molecular complexity index is 824. The fourth-order valence-corrected chi connectivity index (χ4v) is 2.72. The van der Waals surface area contributed by atoms with Crippen molar-refractivity contribution in [2.24, 2.45) is 17.2 Å². The normalized spacial score (nSPS) is 12.0. The molecule has 9 nitrogen and oxygen atoms in total. The maximum absolute atomic E-state index is 12.6. The molecule has 0 saturated heterocycles. The molecule has 2 unspecified atom stereocenters. The van der Waals surface area contributed by atoms with Gasteiger partial charge in [-0.1, -0.05) is 55.8 Å². The van der Waals surface area contributed by atoms with Crippen LogP contribution in [0, 0.1) is 0 Å². The molecule has 2 aromatic carbocycles. The Labute approximate surface area is 182 Å². The number of urea groups is 1. The molecule has 2 atom stereocenters. The standard InChI is InChI=1S/C21H27N3O3.CH4N2O/c1-2-6-19(21(27)23-17-11-9-16(14-25)10-12-17)24-20(26)18(22)13-15-7-4-3-5-8-15;2-1(3)4/h3-5,7-12,18-19,25H,2,6,13-14,22H2,1H3,(H,23,27)(H,24,26);(H4,2,3,4). The maximum Gasteiger partial charge on any atom is 0.309 e. The molecule has 168 valence electrons. The molecule has 4 amide bonds. The lowest BCUT2D eigenvalue weighted by Crippen LogP contribution is -2.50. The van der Waals surface area contributed by atoms with Crippen molar-refractivity contribution in [1.82, 2.24) is 5.32 Å². The highest BCUT2D eigenvalue weighted by Gasteiger charge is 2.23. The summed E-state index contributed by atoms with van der Waals surface area (Å²) in [5.41, 5.74) is 16.9. The van der Waals surface area contributed by atoms with Gasteiger partial charge in [-0.2, -0.15) is 0 Å². The Kier molecular flexibility index (Phi) is 11.3. The van der Waals surface area contributed by atoms with Gasteiger partial charge in [-0.25, -0.2) is 4.79 Å². The van der Waals surface area contributed by atoms with Crippen LogP contribution in [0.5, 0.6) is 0 Å². The zero-order valence-electron chi connectivity index (χ0n) is 17.6. The summed E-state index contributed by atoms with van der Waals surface area (Å²) in [5.74, 6) is -0.628. The summed E-state index contributed by atoms with van der Waals surface area (Å²) in [5, 5.41) is 14.6. The summed E-state index contributed by atoms with van der Waals surface area (Å²) in [6, 6.07) is 14.2. The van der Waals surface area contributed by atoms with E-state index in [-0.39, 0.29) is 18.4 Å². The maximum atomic E-state index is 12.6. The van der Waals surface area contributed by atoms with E-state index in [1.165, 1.54) is 0 Å². The van der Waals surface area contributed by atoms with E-state index < -0.39 is 18.1 Å². The molecule has 2 aromatic rings. The minimum Gasteiger partial charge on any atom is -0.392 e. The number of nitrogens with two attached hydrogens (primary N) is 3. The van der Waals surface area contributed by atoms with Gasteiger partial charge in [0.2, 0.25) is 11.8 Å². The number of benzene rings is 2. The van der Waals surface area contributed by atoms with Crippen molar-refractivity contribution in [1.29, 1.82) is 0 Å². The zero-order valence-corrected chi connectivity index (χ0v) is 17.6. The number of amides is 4. The molecule has 0 aromatic heterocycles. The van der Waals surface area contributed by atoms with Crippen molar-refractivity contribution in [3.05, 3.63) is 65.7 Å². The predicted octanol–water partition coefficient (Wildman–Crippen LogP) is 0.996. The van der Waals surface area contributed by atoms with Crippen LogP contribution in [0.1, 0.15) is 30.9 Å². The molecule has 9 heteroatoms. The number of carbonyl (C=O) groups excluding carboxylic acids is 3. The zero-order chi connectivity index (χ0) is 23.2. The molecular weight excluding hydrogens is 398 g/mol. The number of rotatable bonds is 9. The highest BCUT2D eigenvalue weighted by Crippen LogP contribution is 2.11. The van der Waals surface area contributed by atoms with Crippen molar-refractivity contribution in [2.75, 3.05) is 5.32 Å². The van der Waals surface area contributed by atoms with Gasteiger partial charge in [0.1, 0.15) is 6.04 Å². The monoisotopic (exact) mass is 429 g/mol. The molecule has 0 aliphatic heterocycles. The first-order chi connectivity index (χ1) is 14.8. The van der Waals surface area contributed by atoms with Gasteiger partial charge in [0.25, 0.3) is 0 Å². The Morgan fingerprint density at radius 3 is 2.03 bits per heavy atom. The predicted molar refractivity (Wildman–Crippen MR) is 120 cm³/mol. The highest BCUT2D eigenvalue weighted by molar-refractivity contribution is 5.97. The van der Waals surface area contributed by atoms with Crippen LogP contribution in [0.25, 0.3) is 0 Å². The molecule has 9 N–H and O–H groups in total. The minimum atomic E-state index is -0.833. The van der Waals surface area contributed by atoms with Gasteiger partial charge in [0, 0.05) is 5.69 Å². The van der Waals surface area contributed by atoms with E-state index in [0.717, 1.165) is 17.5 Å². The van der Waals surface area contributed by atoms with E-state index in [1.54, 1.807) is 24.3 Å². The highest BCUT2D eigenvalue weighted by atomic mass is 16.3. The third-order valence-corrected chi connectivity index (χ3v) is 4.25. The lowest BCUT2D eigenvalue weighted by molar-refractivity contribution is -0.127. The fourth-order valence-electron chi connectivity index (χ4n) is 2.72. The van der Waals surface area contributed by atoms with Crippen LogP contribution in [0.3, 0.4) is 0 Å². The van der Waals surface area contributed by atoms with Crippen LogP contribution in [0.15, 0.2) is 54.6 Å². The van der Waals surface area contributed by atoms with Crippen LogP contribution in [-0.2, 0) is 22.6 Å². The van der Waals surface area contributed by atoms with E-state index in [2.05, 4.69) is 22.1 Å². The van der Waals surface area contributed by atoms with E-state index in [0.29, 0.717) is 18.5 Å². The van der Waals surface area contributed by atoms with Crippen LogP contribution >= 0.6 is 0 Å². The Hall–Kier alpha value is -3.43. The Balaban J connectivity index is 0.00000110. The van der Waals surface area contributed by atoms with Gasteiger partial charge < -0.3 is 32.9 Å². The molecular formula is C22H31N5O4. The van der Waals surface area contributed by atoms with Crippen LogP contribution in [0.2, 0.25) is 0 Å².